The molecule has 1 aliphatic carbocycles. The molecule has 2 rings (SSSR count). The van der Waals surface area contributed by atoms with E-state index in [0.29, 0.717) is 11.6 Å². The molecule has 1 aromatic rings. The van der Waals surface area contributed by atoms with Crippen molar-refractivity contribution >= 4 is 21.6 Å². The molecule has 1 aliphatic rings. The van der Waals surface area contributed by atoms with Gasteiger partial charge in [0.05, 0.1) is 4.90 Å². The maximum absolute atomic E-state index is 12.0. The molecule has 0 bridgehead atoms. The zero-order valence-corrected chi connectivity index (χ0v) is 13.2. The Kier molecular flexibility index (Phi) is 4.88. The van der Waals surface area contributed by atoms with Crippen LogP contribution in [0.3, 0.4) is 0 Å². The van der Waals surface area contributed by atoms with Gasteiger partial charge in [0, 0.05) is 18.0 Å². The molecule has 0 radical (unpaired) electrons. The summed E-state index contributed by atoms with van der Waals surface area (Å²) in [6.45, 7) is 2.16. The zero-order valence-electron chi connectivity index (χ0n) is 12.4. The molecule has 1 saturated carbocycles. The standard InChI is InChI=1S/C15H22N2O3S/c1-11-5-3-4-6-14(11)17-15(18)16-12-7-9-13(10-8-12)21(2,19)20/h7-11,14H,3-6H2,1-2H3,(H2,16,17,18). The predicted molar refractivity (Wildman–Crippen MR) is 83.1 cm³/mol. The third kappa shape index (κ3) is 4.46. The number of carbonyl (C=O) groups is 1. The van der Waals surface area contributed by atoms with Crippen LogP contribution < -0.4 is 10.6 Å². The molecule has 5 nitrogen and oxygen atoms in total. The van der Waals surface area contributed by atoms with Gasteiger partial charge in [-0.05, 0) is 43.0 Å². The molecule has 2 atom stereocenters. The monoisotopic (exact) mass is 310 g/mol. The maximum Gasteiger partial charge on any atom is 0.319 e. The third-order valence-electron chi connectivity index (χ3n) is 3.97. The predicted octanol–water partition coefficient (Wildman–Crippen LogP) is 2.79. The number of amides is 2. The molecule has 0 heterocycles. The SMILES string of the molecule is CC1CCCCC1NC(=O)Nc1ccc(S(C)(=O)=O)cc1. The van der Waals surface area contributed by atoms with Gasteiger partial charge in [-0.25, -0.2) is 13.2 Å². The number of hydrogen-bond donors (Lipinski definition) is 2. The normalized spacial score (nSPS) is 22.6. The topological polar surface area (TPSA) is 75.3 Å². The first-order valence-corrected chi connectivity index (χ1v) is 9.13. The highest BCUT2D eigenvalue weighted by Gasteiger charge is 2.22. The van der Waals surface area contributed by atoms with Crippen LogP contribution in [0.1, 0.15) is 32.6 Å². The number of sulfone groups is 1. The smallest absolute Gasteiger partial charge is 0.319 e. The van der Waals surface area contributed by atoms with Crippen molar-refractivity contribution in [1.82, 2.24) is 5.32 Å². The van der Waals surface area contributed by atoms with Crippen LogP contribution >= 0.6 is 0 Å². The summed E-state index contributed by atoms with van der Waals surface area (Å²) in [5, 5.41) is 5.74. The third-order valence-corrected chi connectivity index (χ3v) is 5.10. The molecule has 1 aromatic carbocycles. The highest BCUT2D eigenvalue weighted by molar-refractivity contribution is 7.90. The lowest BCUT2D eigenvalue weighted by molar-refractivity contribution is 0.232. The van der Waals surface area contributed by atoms with E-state index in [1.807, 2.05) is 0 Å². The molecule has 0 aliphatic heterocycles. The molecule has 2 unspecified atom stereocenters. The first kappa shape index (κ1) is 15.8. The van der Waals surface area contributed by atoms with Crippen molar-refractivity contribution in [3.63, 3.8) is 0 Å². The molecule has 2 amide bonds. The summed E-state index contributed by atoms with van der Waals surface area (Å²) in [7, 11) is -3.21. The quantitative estimate of drug-likeness (QED) is 0.901. The van der Waals surface area contributed by atoms with E-state index in [0.717, 1.165) is 25.5 Å². The molecule has 6 heteroatoms. The second-order valence-electron chi connectivity index (χ2n) is 5.76. The van der Waals surface area contributed by atoms with Crippen LogP contribution in [0.4, 0.5) is 10.5 Å². The largest absolute Gasteiger partial charge is 0.335 e. The maximum atomic E-state index is 12.0. The van der Waals surface area contributed by atoms with E-state index in [1.54, 1.807) is 12.1 Å². The number of urea groups is 1. The second kappa shape index (κ2) is 6.47. The molecule has 0 aromatic heterocycles. The van der Waals surface area contributed by atoms with Crippen LogP contribution in [0.15, 0.2) is 29.2 Å². The Bertz CT molecular complexity index is 596. The fourth-order valence-corrected chi connectivity index (χ4v) is 3.28. The van der Waals surface area contributed by atoms with E-state index in [1.165, 1.54) is 18.6 Å². The Morgan fingerprint density at radius 1 is 1.14 bits per heavy atom. The van der Waals surface area contributed by atoms with Gasteiger partial charge in [-0.2, -0.15) is 0 Å². The van der Waals surface area contributed by atoms with Crippen molar-refractivity contribution in [2.45, 2.75) is 43.5 Å². The van der Waals surface area contributed by atoms with E-state index in [2.05, 4.69) is 17.6 Å². The highest BCUT2D eigenvalue weighted by Crippen LogP contribution is 2.23. The summed E-state index contributed by atoms with van der Waals surface area (Å²) in [6, 6.07) is 6.16. The van der Waals surface area contributed by atoms with Crippen molar-refractivity contribution in [3.8, 4) is 0 Å². The van der Waals surface area contributed by atoms with Crippen LogP contribution in [0.25, 0.3) is 0 Å². The zero-order chi connectivity index (χ0) is 15.5. The minimum atomic E-state index is -3.21. The van der Waals surface area contributed by atoms with Crippen molar-refractivity contribution < 1.29 is 13.2 Å². The van der Waals surface area contributed by atoms with E-state index in [9.17, 15) is 13.2 Å². The minimum Gasteiger partial charge on any atom is -0.335 e. The lowest BCUT2D eigenvalue weighted by Gasteiger charge is -2.29. The summed E-state index contributed by atoms with van der Waals surface area (Å²) in [5.74, 6) is 0.497. The first-order chi connectivity index (χ1) is 9.86. The Morgan fingerprint density at radius 3 is 2.33 bits per heavy atom. The van der Waals surface area contributed by atoms with Gasteiger partial charge >= 0.3 is 6.03 Å². The Balaban J connectivity index is 1.93. The van der Waals surface area contributed by atoms with Crippen molar-refractivity contribution in [2.75, 3.05) is 11.6 Å². The van der Waals surface area contributed by atoms with Gasteiger partial charge in [-0.3, -0.25) is 0 Å². The van der Waals surface area contributed by atoms with Crippen molar-refractivity contribution in [2.24, 2.45) is 5.92 Å². The fraction of sp³-hybridized carbons (Fsp3) is 0.533. The van der Waals surface area contributed by atoms with E-state index in [-0.39, 0.29) is 17.0 Å². The lowest BCUT2D eigenvalue weighted by Crippen LogP contribution is -2.43. The highest BCUT2D eigenvalue weighted by atomic mass is 32.2. The van der Waals surface area contributed by atoms with Gasteiger partial charge in [0.1, 0.15) is 0 Å². The lowest BCUT2D eigenvalue weighted by atomic mass is 9.86. The van der Waals surface area contributed by atoms with Crippen LogP contribution in [0, 0.1) is 5.92 Å². The number of anilines is 1. The number of carbonyl (C=O) groups excluding carboxylic acids is 1. The average molecular weight is 310 g/mol. The van der Waals surface area contributed by atoms with Gasteiger partial charge in [-0.15, -0.1) is 0 Å². The molecule has 2 N–H and O–H groups in total. The summed E-state index contributed by atoms with van der Waals surface area (Å²) < 4.78 is 22.7. The molecule has 1 fully saturated rings. The molecule has 0 saturated heterocycles. The van der Waals surface area contributed by atoms with Gasteiger partial charge < -0.3 is 10.6 Å². The Morgan fingerprint density at radius 2 is 1.76 bits per heavy atom. The molecular weight excluding hydrogens is 288 g/mol. The first-order valence-electron chi connectivity index (χ1n) is 7.24. The van der Waals surface area contributed by atoms with Gasteiger partial charge in [0.2, 0.25) is 0 Å². The Labute approximate surface area is 126 Å². The van der Waals surface area contributed by atoms with Gasteiger partial charge in [0.25, 0.3) is 0 Å². The van der Waals surface area contributed by atoms with E-state index in [4.69, 9.17) is 0 Å². The number of hydrogen-bond acceptors (Lipinski definition) is 3. The second-order valence-corrected chi connectivity index (χ2v) is 7.78. The molecule has 0 spiro atoms. The summed E-state index contributed by atoms with van der Waals surface area (Å²) in [5.41, 5.74) is 0.586. The number of benzene rings is 1. The summed E-state index contributed by atoms with van der Waals surface area (Å²) in [4.78, 5) is 12.2. The fourth-order valence-electron chi connectivity index (χ4n) is 2.65. The van der Waals surface area contributed by atoms with Gasteiger partial charge in [-0.1, -0.05) is 19.8 Å². The summed E-state index contributed by atoms with van der Waals surface area (Å²) in [6.07, 6.45) is 5.70. The molecule has 21 heavy (non-hydrogen) atoms. The van der Waals surface area contributed by atoms with E-state index >= 15 is 0 Å². The van der Waals surface area contributed by atoms with Crippen molar-refractivity contribution in [1.29, 1.82) is 0 Å². The number of rotatable bonds is 3. The average Bonchev–Trinajstić information content (AvgIpc) is 2.41. The molecular formula is C15H22N2O3S. The van der Waals surface area contributed by atoms with Gasteiger partial charge in [0.15, 0.2) is 9.84 Å². The van der Waals surface area contributed by atoms with Crippen LogP contribution in [0.5, 0.6) is 0 Å². The molecule has 116 valence electrons. The van der Waals surface area contributed by atoms with Crippen LogP contribution in [0.2, 0.25) is 0 Å². The van der Waals surface area contributed by atoms with Crippen molar-refractivity contribution in [3.05, 3.63) is 24.3 Å². The number of nitrogens with one attached hydrogen (secondary N) is 2. The minimum absolute atomic E-state index is 0.217. The Hall–Kier alpha value is -1.56. The van der Waals surface area contributed by atoms with Crippen LogP contribution in [-0.4, -0.2) is 26.7 Å². The van der Waals surface area contributed by atoms with E-state index < -0.39 is 9.84 Å². The van der Waals surface area contributed by atoms with Crippen LogP contribution in [-0.2, 0) is 9.84 Å². The summed E-state index contributed by atoms with van der Waals surface area (Å²) >= 11 is 0.